The van der Waals surface area contributed by atoms with Crippen LogP contribution in [0.4, 0.5) is 0 Å². The Morgan fingerprint density at radius 2 is 1.43 bits per heavy atom. The van der Waals surface area contributed by atoms with Gasteiger partial charge in [-0.3, -0.25) is 0 Å². The lowest BCUT2D eigenvalue weighted by Crippen LogP contribution is -2.09. The Kier molecular flexibility index (Phi) is 10.9. The minimum Gasteiger partial charge on any atom is -0.382 e. The van der Waals surface area contributed by atoms with E-state index in [1.807, 2.05) is 0 Å². The van der Waals surface area contributed by atoms with Gasteiger partial charge in [-0.05, 0) is 18.8 Å². The molecule has 0 radical (unpaired) electrons. The number of hydrogen-bond donors (Lipinski definition) is 0. The molecule has 0 saturated heterocycles. The summed E-state index contributed by atoms with van der Waals surface area (Å²) in [6.07, 6.45) is 2.39. The Bertz CT molecular complexity index is 105. The van der Waals surface area contributed by atoms with Crippen LogP contribution in [0.1, 0.15) is 26.7 Å². The van der Waals surface area contributed by atoms with Crippen LogP contribution < -0.4 is 0 Å². The van der Waals surface area contributed by atoms with Gasteiger partial charge in [0.25, 0.3) is 0 Å². The summed E-state index contributed by atoms with van der Waals surface area (Å²) in [7, 11) is 1.67. The van der Waals surface area contributed by atoms with Crippen LogP contribution in [0.5, 0.6) is 0 Å². The van der Waals surface area contributed by atoms with E-state index in [-0.39, 0.29) is 0 Å². The van der Waals surface area contributed by atoms with E-state index in [4.69, 9.17) is 14.2 Å². The second-order valence-corrected chi connectivity index (χ2v) is 3.75. The zero-order chi connectivity index (χ0) is 10.6. The molecule has 3 heteroatoms. The summed E-state index contributed by atoms with van der Waals surface area (Å²) in [5.74, 6) is 0.775. The van der Waals surface area contributed by atoms with Gasteiger partial charge in [0.2, 0.25) is 0 Å². The van der Waals surface area contributed by atoms with Crippen molar-refractivity contribution in [3.05, 3.63) is 0 Å². The van der Waals surface area contributed by atoms with E-state index in [0.717, 1.165) is 18.9 Å². The van der Waals surface area contributed by atoms with Crippen LogP contribution in [0, 0.1) is 5.92 Å². The predicted molar refractivity (Wildman–Crippen MR) is 57.6 cm³/mol. The van der Waals surface area contributed by atoms with Gasteiger partial charge in [0.05, 0.1) is 26.4 Å². The van der Waals surface area contributed by atoms with Gasteiger partial charge in [-0.1, -0.05) is 13.8 Å². The van der Waals surface area contributed by atoms with Crippen LogP contribution in [0.2, 0.25) is 0 Å². The van der Waals surface area contributed by atoms with Gasteiger partial charge in [0, 0.05) is 13.7 Å². The first-order chi connectivity index (χ1) is 6.77. The summed E-state index contributed by atoms with van der Waals surface area (Å²) in [5.41, 5.74) is 0. The molecule has 3 nitrogen and oxygen atoms in total. The van der Waals surface area contributed by atoms with Crippen LogP contribution in [0.3, 0.4) is 0 Å². The van der Waals surface area contributed by atoms with Crippen molar-refractivity contribution >= 4 is 0 Å². The largest absolute Gasteiger partial charge is 0.382 e. The molecule has 0 atom stereocenters. The summed E-state index contributed by atoms with van der Waals surface area (Å²) in [5, 5.41) is 0. The first-order valence-corrected chi connectivity index (χ1v) is 5.41. The second kappa shape index (κ2) is 11.0. The van der Waals surface area contributed by atoms with Gasteiger partial charge in [-0.25, -0.2) is 0 Å². The Hall–Kier alpha value is -0.120. The molecule has 0 aromatic carbocycles. The fraction of sp³-hybridized carbons (Fsp3) is 1.00. The molecule has 86 valence electrons. The summed E-state index contributed by atoms with van der Waals surface area (Å²) in [4.78, 5) is 0. The SMILES string of the molecule is COCCOCCOCCCC(C)C. The molecule has 0 spiro atoms. The Balaban J connectivity index is 2.85. The van der Waals surface area contributed by atoms with Gasteiger partial charge in [-0.15, -0.1) is 0 Å². The fourth-order valence-corrected chi connectivity index (χ4v) is 1.06. The van der Waals surface area contributed by atoms with Gasteiger partial charge >= 0.3 is 0 Å². The third-order valence-corrected chi connectivity index (χ3v) is 1.87. The molecule has 14 heavy (non-hydrogen) atoms. The van der Waals surface area contributed by atoms with E-state index >= 15 is 0 Å². The molecule has 0 rings (SSSR count). The predicted octanol–water partition coefficient (Wildman–Crippen LogP) is 2.10. The van der Waals surface area contributed by atoms with E-state index in [1.54, 1.807) is 7.11 Å². The summed E-state index contributed by atoms with van der Waals surface area (Å²) >= 11 is 0. The molecule has 0 unspecified atom stereocenters. The highest BCUT2D eigenvalue weighted by atomic mass is 16.5. The molecule has 0 amide bonds. The highest BCUT2D eigenvalue weighted by molar-refractivity contribution is 4.44. The van der Waals surface area contributed by atoms with Crippen LogP contribution in [0.25, 0.3) is 0 Å². The fourth-order valence-electron chi connectivity index (χ4n) is 1.06. The normalized spacial score (nSPS) is 11.1. The first kappa shape index (κ1) is 13.9. The average molecular weight is 204 g/mol. The van der Waals surface area contributed by atoms with Crippen molar-refractivity contribution in [2.75, 3.05) is 40.1 Å². The molecule has 0 aliphatic rings. The first-order valence-electron chi connectivity index (χ1n) is 5.41. The van der Waals surface area contributed by atoms with E-state index in [2.05, 4.69) is 13.8 Å². The van der Waals surface area contributed by atoms with Crippen molar-refractivity contribution in [3.63, 3.8) is 0 Å². The summed E-state index contributed by atoms with van der Waals surface area (Å²) < 4.78 is 15.5. The molecule has 0 aliphatic carbocycles. The number of ether oxygens (including phenoxy) is 3. The minimum atomic E-state index is 0.659. The molecule has 0 saturated carbocycles. The van der Waals surface area contributed by atoms with E-state index in [9.17, 15) is 0 Å². The topological polar surface area (TPSA) is 27.7 Å². The molecule has 0 bridgehead atoms. The van der Waals surface area contributed by atoms with Crippen molar-refractivity contribution in [2.24, 2.45) is 5.92 Å². The lowest BCUT2D eigenvalue weighted by atomic mass is 10.1. The number of hydrogen-bond acceptors (Lipinski definition) is 3. The van der Waals surface area contributed by atoms with Gasteiger partial charge < -0.3 is 14.2 Å². The Morgan fingerprint density at radius 1 is 0.857 bits per heavy atom. The zero-order valence-corrected chi connectivity index (χ0v) is 9.75. The minimum absolute atomic E-state index is 0.659. The molecule has 0 heterocycles. The zero-order valence-electron chi connectivity index (χ0n) is 9.75. The molecule has 0 aromatic heterocycles. The van der Waals surface area contributed by atoms with Gasteiger partial charge in [0.15, 0.2) is 0 Å². The van der Waals surface area contributed by atoms with Gasteiger partial charge in [-0.2, -0.15) is 0 Å². The summed E-state index contributed by atoms with van der Waals surface area (Å²) in [6, 6.07) is 0. The van der Waals surface area contributed by atoms with Crippen molar-refractivity contribution in [1.82, 2.24) is 0 Å². The van der Waals surface area contributed by atoms with Crippen molar-refractivity contribution in [1.29, 1.82) is 0 Å². The number of rotatable bonds is 10. The highest BCUT2D eigenvalue weighted by Crippen LogP contribution is 2.02. The second-order valence-electron chi connectivity index (χ2n) is 3.75. The third-order valence-electron chi connectivity index (χ3n) is 1.87. The van der Waals surface area contributed by atoms with E-state index < -0.39 is 0 Å². The molecular weight excluding hydrogens is 180 g/mol. The molecule has 0 N–H and O–H groups in total. The highest BCUT2D eigenvalue weighted by Gasteiger charge is 1.94. The lowest BCUT2D eigenvalue weighted by molar-refractivity contribution is 0.0236. The average Bonchev–Trinajstić information content (AvgIpc) is 2.15. The monoisotopic (exact) mass is 204 g/mol. The van der Waals surface area contributed by atoms with Crippen molar-refractivity contribution in [2.45, 2.75) is 26.7 Å². The smallest absolute Gasteiger partial charge is 0.0701 e. The standard InChI is InChI=1S/C11H24O3/c1-11(2)5-4-6-13-9-10-14-8-7-12-3/h11H,4-10H2,1-3H3. The molecule has 0 aliphatic heterocycles. The van der Waals surface area contributed by atoms with Crippen molar-refractivity contribution < 1.29 is 14.2 Å². The summed E-state index contributed by atoms with van der Waals surface area (Å²) in [6.45, 7) is 8.00. The van der Waals surface area contributed by atoms with Crippen molar-refractivity contribution in [3.8, 4) is 0 Å². The molecule has 0 aromatic rings. The van der Waals surface area contributed by atoms with Crippen LogP contribution in [-0.4, -0.2) is 40.1 Å². The maximum Gasteiger partial charge on any atom is 0.0701 e. The Morgan fingerprint density at radius 3 is 2.00 bits per heavy atom. The Labute approximate surface area is 87.7 Å². The number of methoxy groups -OCH3 is 1. The van der Waals surface area contributed by atoms with Gasteiger partial charge in [0.1, 0.15) is 0 Å². The van der Waals surface area contributed by atoms with Crippen LogP contribution in [-0.2, 0) is 14.2 Å². The quantitative estimate of drug-likeness (QED) is 0.510. The lowest BCUT2D eigenvalue weighted by Gasteiger charge is -2.06. The van der Waals surface area contributed by atoms with Crippen LogP contribution >= 0.6 is 0 Å². The van der Waals surface area contributed by atoms with E-state index in [0.29, 0.717) is 26.4 Å². The third kappa shape index (κ3) is 11.9. The molecule has 0 fully saturated rings. The van der Waals surface area contributed by atoms with Crippen LogP contribution in [0.15, 0.2) is 0 Å². The van der Waals surface area contributed by atoms with E-state index in [1.165, 1.54) is 6.42 Å². The maximum absolute atomic E-state index is 5.40. The maximum atomic E-state index is 5.40. The molecular formula is C11H24O3.